The van der Waals surface area contributed by atoms with Crippen LogP contribution in [0.15, 0.2) is 90.1 Å². The van der Waals surface area contributed by atoms with Gasteiger partial charge in [0.2, 0.25) is 0 Å². The zero-order valence-electron chi connectivity index (χ0n) is 19.7. The standard InChI is InChI=1S/C29H24F2N2O3/c1-35-28-12-5-4-10-25(28)27-16-22(36-32-27)18-33(17-20-13-14-21(30)15-26(20)31)29(34)24-11-6-8-19-7-2-3-9-23(19)24/h2-15,22H,16-18H2,1H3. The second-order valence-corrected chi connectivity index (χ2v) is 8.62. The highest BCUT2D eigenvalue weighted by atomic mass is 19.1. The number of para-hydroxylation sites is 1. The summed E-state index contributed by atoms with van der Waals surface area (Å²) >= 11 is 0. The number of hydrogen-bond donors (Lipinski definition) is 0. The summed E-state index contributed by atoms with van der Waals surface area (Å²) in [6.45, 7) is 0.124. The first-order valence-corrected chi connectivity index (χ1v) is 11.6. The van der Waals surface area contributed by atoms with Gasteiger partial charge >= 0.3 is 0 Å². The van der Waals surface area contributed by atoms with E-state index in [1.807, 2.05) is 60.7 Å². The molecule has 7 heteroatoms. The summed E-state index contributed by atoms with van der Waals surface area (Å²) in [7, 11) is 1.59. The number of rotatable bonds is 7. The number of amides is 1. The van der Waals surface area contributed by atoms with Crippen molar-refractivity contribution in [3.05, 3.63) is 113 Å². The fourth-order valence-corrected chi connectivity index (χ4v) is 4.47. The zero-order valence-corrected chi connectivity index (χ0v) is 19.7. The van der Waals surface area contributed by atoms with Gasteiger partial charge in [-0.2, -0.15) is 0 Å². The van der Waals surface area contributed by atoms with Gasteiger partial charge in [0.05, 0.1) is 19.4 Å². The van der Waals surface area contributed by atoms with Crippen molar-refractivity contribution in [2.24, 2.45) is 5.16 Å². The molecule has 1 aliphatic rings. The van der Waals surface area contributed by atoms with Gasteiger partial charge in [-0.25, -0.2) is 8.78 Å². The van der Waals surface area contributed by atoms with Crippen molar-refractivity contribution in [2.45, 2.75) is 19.1 Å². The number of halogens is 2. The molecule has 4 aromatic carbocycles. The number of ether oxygens (including phenoxy) is 1. The van der Waals surface area contributed by atoms with E-state index >= 15 is 0 Å². The van der Waals surface area contributed by atoms with Crippen LogP contribution in [0.25, 0.3) is 10.8 Å². The molecule has 0 aromatic heterocycles. The molecule has 36 heavy (non-hydrogen) atoms. The molecule has 0 aliphatic carbocycles. The Bertz CT molecular complexity index is 1450. The second-order valence-electron chi connectivity index (χ2n) is 8.62. The van der Waals surface area contributed by atoms with Gasteiger partial charge in [-0.05, 0) is 35.0 Å². The molecular formula is C29H24F2N2O3. The van der Waals surface area contributed by atoms with Crippen LogP contribution in [0.2, 0.25) is 0 Å². The van der Waals surface area contributed by atoms with E-state index in [0.717, 1.165) is 22.4 Å². The Morgan fingerprint density at radius 1 is 1.03 bits per heavy atom. The summed E-state index contributed by atoms with van der Waals surface area (Å²) in [5.41, 5.74) is 2.25. The molecular weight excluding hydrogens is 462 g/mol. The van der Waals surface area contributed by atoms with Crippen LogP contribution in [0.5, 0.6) is 5.75 Å². The van der Waals surface area contributed by atoms with E-state index in [0.29, 0.717) is 23.4 Å². The van der Waals surface area contributed by atoms with E-state index in [4.69, 9.17) is 9.57 Å². The molecule has 1 amide bonds. The van der Waals surface area contributed by atoms with Crippen LogP contribution < -0.4 is 4.74 Å². The Morgan fingerprint density at radius 3 is 2.64 bits per heavy atom. The number of fused-ring (bicyclic) bond motifs is 1. The Morgan fingerprint density at radius 2 is 1.81 bits per heavy atom. The fourth-order valence-electron chi connectivity index (χ4n) is 4.47. The van der Waals surface area contributed by atoms with Gasteiger partial charge in [-0.3, -0.25) is 4.79 Å². The average Bonchev–Trinajstić information content (AvgIpc) is 3.37. The first kappa shape index (κ1) is 23.5. The van der Waals surface area contributed by atoms with Gasteiger partial charge in [0, 0.05) is 35.7 Å². The maximum atomic E-state index is 14.6. The Kier molecular flexibility index (Phi) is 6.62. The quantitative estimate of drug-likeness (QED) is 0.324. The normalized spacial score (nSPS) is 14.9. The molecule has 1 heterocycles. The monoisotopic (exact) mass is 486 g/mol. The molecule has 5 nitrogen and oxygen atoms in total. The van der Waals surface area contributed by atoms with E-state index in [-0.39, 0.29) is 24.6 Å². The van der Waals surface area contributed by atoms with E-state index in [1.165, 1.54) is 17.0 Å². The van der Waals surface area contributed by atoms with Gasteiger partial charge in [-0.15, -0.1) is 0 Å². The number of nitrogens with zero attached hydrogens (tertiary/aromatic N) is 2. The zero-order chi connectivity index (χ0) is 25.1. The molecule has 1 unspecified atom stereocenters. The van der Waals surface area contributed by atoms with Gasteiger partial charge < -0.3 is 14.5 Å². The fraction of sp³-hybridized carbons (Fsp3) is 0.172. The lowest BCUT2D eigenvalue weighted by atomic mass is 10.0. The maximum absolute atomic E-state index is 14.6. The van der Waals surface area contributed by atoms with E-state index in [9.17, 15) is 13.6 Å². The van der Waals surface area contributed by atoms with E-state index in [2.05, 4.69) is 5.16 Å². The van der Waals surface area contributed by atoms with Crippen molar-refractivity contribution >= 4 is 22.4 Å². The molecule has 0 saturated heterocycles. The molecule has 0 fully saturated rings. The van der Waals surface area contributed by atoms with Crippen molar-refractivity contribution in [2.75, 3.05) is 13.7 Å². The summed E-state index contributed by atoms with van der Waals surface area (Å²) in [5.74, 6) is -0.969. The first-order chi connectivity index (χ1) is 17.5. The first-order valence-electron chi connectivity index (χ1n) is 11.6. The van der Waals surface area contributed by atoms with Crippen molar-refractivity contribution < 1.29 is 23.1 Å². The lowest BCUT2D eigenvalue weighted by Crippen LogP contribution is -2.37. The van der Waals surface area contributed by atoms with Gasteiger partial charge in [-0.1, -0.05) is 59.8 Å². The molecule has 5 rings (SSSR count). The smallest absolute Gasteiger partial charge is 0.254 e. The van der Waals surface area contributed by atoms with Crippen molar-refractivity contribution in [3.8, 4) is 5.75 Å². The van der Waals surface area contributed by atoms with Crippen LogP contribution in [0, 0.1) is 11.6 Å². The molecule has 0 spiro atoms. The van der Waals surface area contributed by atoms with Crippen molar-refractivity contribution in [3.63, 3.8) is 0 Å². The SMILES string of the molecule is COc1ccccc1C1=NOC(CN(Cc2ccc(F)cc2F)C(=O)c2cccc3ccccc23)C1. The number of methoxy groups -OCH3 is 1. The molecule has 0 saturated carbocycles. The van der Waals surface area contributed by atoms with Crippen LogP contribution in [-0.4, -0.2) is 36.3 Å². The Labute approximate surface area is 207 Å². The number of carbonyl (C=O) groups is 1. The maximum Gasteiger partial charge on any atom is 0.254 e. The Balaban J connectivity index is 1.43. The minimum Gasteiger partial charge on any atom is -0.496 e. The van der Waals surface area contributed by atoms with Crippen LogP contribution in [-0.2, 0) is 11.4 Å². The molecule has 0 N–H and O–H groups in total. The van der Waals surface area contributed by atoms with Gasteiger partial charge in [0.15, 0.2) is 6.10 Å². The number of benzene rings is 4. The molecule has 1 atom stereocenters. The molecule has 1 aliphatic heterocycles. The minimum absolute atomic E-state index is 0.0436. The largest absolute Gasteiger partial charge is 0.496 e. The third-order valence-electron chi connectivity index (χ3n) is 6.26. The third kappa shape index (κ3) is 4.77. The summed E-state index contributed by atoms with van der Waals surface area (Å²) < 4.78 is 33.5. The summed E-state index contributed by atoms with van der Waals surface area (Å²) in [6, 6.07) is 24.0. The topological polar surface area (TPSA) is 51.1 Å². The summed E-state index contributed by atoms with van der Waals surface area (Å²) in [6.07, 6.45) is 0.0124. The molecule has 182 valence electrons. The van der Waals surface area contributed by atoms with Crippen LogP contribution in [0.4, 0.5) is 8.78 Å². The molecule has 0 bridgehead atoms. The Hall–Kier alpha value is -4.26. The highest BCUT2D eigenvalue weighted by Gasteiger charge is 2.29. The predicted molar refractivity (Wildman–Crippen MR) is 134 cm³/mol. The van der Waals surface area contributed by atoms with Gasteiger partial charge in [0.1, 0.15) is 17.4 Å². The highest BCUT2D eigenvalue weighted by Crippen LogP contribution is 2.27. The minimum atomic E-state index is -0.705. The summed E-state index contributed by atoms with van der Waals surface area (Å²) in [5, 5.41) is 5.97. The summed E-state index contributed by atoms with van der Waals surface area (Å²) in [4.78, 5) is 21.0. The number of carbonyl (C=O) groups excluding carboxylic acids is 1. The number of oxime groups is 1. The van der Waals surface area contributed by atoms with Crippen molar-refractivity contribution in [1.82, 2.24) is 4.90 Å². The lowest BCUT2D eigenvalue weighted by molar-refractivity contribution is 0.0404. The number of hydrogen-bond acceptors (Lipinski definition) is 4. The van der Waals surface area contributed by atoms with E-state index < -0.39 is 17.7 Å². The van der Waals surface area contributed by atoms with Crippen molar-refractivity contribution in [1.29, 1.82) is 0 Å². The predicted octanol–water partition coefficient (Wildman–Crippen LogP) is 5.96. The highest BCUT2D eigenvalue weighted by molar-refractivity contribution is 6.07. The molecule has 0 radical (unpaired) electrons. The lowest BCUT2D eigenvalue weighted by Gasteiger charge is -2.26. The van der Waals surface area contributed by atoms with Gasteiger partial charge in [0.25, 0.3) is 5.91 Å². The van der Waals surface area contributed by atoms with E-state index in [1.54, 1.807) is 13.2 Å². The van der Waals surface area contributed by atoms with Crippen LogP contribution in [0.3, 0.4) is 0 Å². The molecule has 4 aromatic rings. The van der Waals surface area contributed by atoms with Crippen LogP contribution >= 0.6 is 0 Å². The second kappa shape index (κ2) is 10.2. The average molecular weight is 487 g/mol. The van der Waals surface area contributed by atoms with Crippen LogP contribution in [0.1, 0.15) is 27.9 Å². The third-order valence-corrected chi connectivity index (χ3v) is 6.26.